The first-order chi connectivity index (χ1) is 7.94. The van der Waals surface area contributed by atoms with E-state index in [0.717, 1.165) is 11.8 Å². The van der Waals surface area contributed by atoms with Gasteiger partial charge in [0.15, 0.2) is 0 Å². The minimum Gasteiger partial charge on any atom is -0.383 e. The van der Waals surface area contributed by atoms with Crippen LogP contribution in [0.1, 0.15) is 0 Å². The molecule has 0 aliphatic heterocycles. The number of benzene rings is 1. The molecule has 7 heteroatoms. The Bertz CT molecular complexity index is 616. The van der Waals surface area contributed by atoms with Crippen LogP contribution in [0.5, 0.6) is 5.75 Å². The van der Waals surface area contributed by atoms with Gasteiger partial charge in [-0.05, 0) is 24.3 Å². The van der Waals surface area contributed by atoms with Crippen molar-refractivity contribution in [2.45, 2.75) is 0 Å². The van der Waals surface area contributed by atoms with Crippen molar-refractivity contribution in [1.29, 1.82) is 0 Å². The fourth-order valence-electron chi connectivity index (χ4n) is 1.28. The Morgan fingerprint density at radius 2 is 1.94 bits per heavy atom. The van der Waals surface area contributed by atoms with Gasteiger partial charge in [0, 0.05) is 11.6 Å². The van der Waals surface area contributed by atoms with Crippen LogP contribution in [0.25, 0.3) is 11.3 Å². The monoisotopic (exact) mass is 254 g/mol. The van der Waals surface area contributed by atoms with Gasteiger partial charge in [-0.1, -0.05) is 5.16 Å². The van der Waals surface area contributed by atoms with E-state index in [1.807, 2.05) is 0 Å². The highest BCUT2D eigenvalue weighted by atomic mass is 32.2. The van der Waals surface area contributed by atoms with Crippen molar-refractivity contribution in [1.82, 2.24) is 5.16 Å². The molecule has 0 bridgehead atoms. The fourth-order valence-corrected chi connectivity index (χ4v) is 1.74. The Balaban J connectivity index is 2.24. The summed E-state index contributed by atoms with van der Waals surface area (Å²) >= 11 is 0. The zero-order chi connectivity index (χ0) is 12.5. The summed E-state index contributed by atoms with van der Waals surface area (Å²) in [6, 6.07) is 7.96. The van der Waals surface area contributed by atoms with E-state index in [0.29, 0.717) is 5.69 Å². The van der Waals surface area contributed by atoms with Gasteiger partial charge >= 0.3 is 10.1 Å². The molecule has 0 amide bonds. The summed E-state index contributed by atoms with van der Waals surface area (Å²) in [5.41, 5.74) is 6.73. The van der Waals surface area contributed by atoms with Crippen molar-refractivity contribution in [2.75, 3.05) is 12.0 Å². The Hall–Kier alpha value is -2.02. The Morgan fingerprint density at radius 3 is 2.41 bits per heavy atom. The van der Waals surface area contributed by atoms with Crippen molar-refractivity contribution in [3.63, 3.8) is 0 Å². The van der Waals surface area contributed by atoms with E-state index in [1.54, 1.807) is 18.2 Å². The van der Waals surface area contributed by atoms with Gasteiger partial charge in [-0.25, -0.2) is 0 Å². The van der Waals surface area contributed by atoms with Gasteiger partial charge in [-0.3, -0.25) is 0 Å². The zero-order valence-corrected chi connectivity index (χ0v) is 9.77. The molecule has 2 aromatic rings. The molecule has 1 aromatic carbocycles. The maximum Gasteiger partial charge on any atom is 0.306 e. The van der Waals surface area contributed by atoms with Crippen molar-refractivity contribution in [3.05, 3.63) is 30.3 Å². The predicted molar refractivity (Wildman–Crippen MR) is 61.8 cm³/mol. The van der Waals surface area contributed by atoms with Crippen LogP contribution in [0.3, 0.4) is 0 Å². The van der Waals surface area contributed by atoms with Crippen LogP contribution in [-0.2, 0) is 10.1 Å². The van der Waals surface area contributed by atoms with Crippen molar-refractivity contribution >= 4 is 16.0 Å². The van der Waals surface area contributed by atoms with E-state index < -0.39 is 10.1 Å². The number of anilines is 1. The summed E-state index contributed by atoms with van der Waals surface area (Å²) in [5.74, 6) is 0.462. The minimum absolute atomic E-state index is 0.219. The first-order valence-corrected chi connectivity index (χ1v) is 6.48. The van der Waals surface area contributed by atoms with E-state index in [-0.39, 0.29) is 11.6 Å². The lowest BCUT2D eigenvalue weighted by Gasteiger charge is -2.02. The third-order valence-corrected chi connectivity index (χ3v) is 2.42. The van der Waals surface area contributed by atoms with Gasteiger partial charge in [0.2, 0.25) is 5.88 Å². The average Bonchev–Trinajstić information content (AvgIpc) is 2.63. The number of aromatic nitrogens is 1. The SMILES string of the molecule is CS(=O)(=O)Oc1ccc(-c2cc(N)on2)cc1. The molecule has 0 fully saturated rings. The summed E-state index contributed by atoms with van der Waals surface area (Å²) in [4.78, 5) is 0. The lowest BCUT2D eigenvalue weighted by molar-refractivity contribution is 0.439. The quantitative estimate of drug-likeness (QED) is 0.828. The first kappa shape index (κ1) is 11.5. The molecule has 1 aromatic heterocycles. The highest BCUT2D eigenvalue weighted by Crippen LogP contribution is 2.23. The lowest BCUT2D eigenvalue weighted by atomic mass is 10.1. The molecule has 6 nitrogen and oxygen atoms in total. The van der Waals surface area contributed by atoms with E-state index in [2.05, 4.69) is 5.16 Å². The van der Waals surface area contributed by atoms with E-state index in [1.165, 1.54) is 12.1 Å². The number of hydrogen-bond acceptors (Lipinski definition) is 6. The number of nitrogens with two attached hydrogens (primary N) is 1. The lowest BCUT2D eigenvalue weighted by Crippen LogP contribution is -2.05. The number of rotatable bonds is 3. The maximum absolute atomic E-state index is 10.9. The van der Waals surface area contributed by atoms with Gasteiger partial charge < -0.3 is 14.4 Å². The van der Waals surface area contributed by atoms with E-state index in [9.17, 15) is 8.42 Å². The van der Waals surface area contributed by atoms with Crippen molar-refractivity contribution in [3.8, 4) is 17.0 Å². The molecular weight excluding hydrogens is 244 g/mol. The first-order valence-electron chi connectivity index (χ1n) is 4.66. The van der Waals surface area contributed by atoms with Gasteiger partial charge in [-0.15, -0.1) is 0 Å². The minimum atomic E-state index is -3.50. The van der Waals surface area contributed by atoms with Crippen LogP contribution in [-0.4, -0.2) is 19.8 Å². The molecule has 0 aliphatic rings. The number of nitrogen functional groups attached to an aromatic ring is 1. The number of hydrogen-bond donors (Lipinski definition) is 1. The Kier molecular flexibility index (Phi) is 2.76. The molecule has 0 atom stereocenters. The Morgan fingerprint density at radius 1 is 1.29 bits per heavy atom. The van der Waals surface area contributed by atoms with Gasteiger partial charge in [-0.2, -0.15) is 8.42 Å². The summed E-state index contributed by atoms with van der Waals surface area (Å²) in [7, 11) is -3.50. The molecule has 2 N–H and O–H groups in total. The third kappa shape index (κ3) is 2.97. The van der Waals surface area contributed by atoms with Crippen LogP contribution in [0.15, 0.2) is 34.9 Å². The van der Waals surface area contributed by atoms with Crippen molar-refractivity contribution in [2.24, 2.45) is 0 Å². The van der Waals surface area contributed by atoms with Gasteiger partial charge in [0.1, 0.15) is 11.4 Å². The molecule has 0 spiro atoms. The van der Waals surface area contributed by atoms with E-state index in [4.69, 9.17) is 14.4 Å². The summed E-state index contributed by atoms with van der Waals surface area (Å²) < 4.78 is 31.2. The number of nitrogens with zero attached hydrogens (tertiary/aromatic N) is 1. The van der Waals surface area contributed by atoms with Crippen LogP contribution in [0, 0.1) is 0 Å². The van der Waals surface area contributed by atoms with Gasteiger partial charge in [0.25, 0.3) is 0 Å². The highest BCUT2D eigenvalue weighted by molar-refractivity contribution is 7.86. The smallest absolute Gasteiger partial charge is 0.306 e. The second-order valence-corrected chi connectivity index (χ2v) is 5.00. The summed E-state index contributed by atoms with van der Waals surface area (Å²) in [5, 5.41) is 3.73. The molecule has 17 heavy (non-hydrogen) atoms. The second-order valence-electron chi connectivity index (χ2n) is 3.43. The predicted octanol–water partition coefficient (Wildman–Crippen LogP) is 1.26. The van der Waals surface area contributed by atoms with E-state index >= 15 is 0 Å². The zero-order valence-electron chi connectivity index (χ0n) is 8.95. The largest absolute Gasteiger partial charge is 0.383 e. The molecule has 0 aliphatic carbocycles. The summed E-state index contributed by atoms with van der Waals surface area (Å²) in [6.07, 6.45) is 0.985. The molecule has 2 rings (SSSR count). The Labute approximate surface area is 98.1 Å². The van der Waals surface area contributed by atoms with Crippen molar-refractivity contribution < 1.29 is 17.1 Å². The molecule has 0 saturated carbocycles. The molecular formula is C10H10N2O4S. The van der Waals surface area contributed by atoms with Crippen LogP contribution < -0.4 is 9.92 Å². The average molecular weight is 254 g/mol. The third-order valence-electron chi connectivity index (χ3n) is 1.93. The standard InChI is InChI=1S/C10H10N2O4S/c1-17(13,14)16-8-4-2-7(3-5-8)9-6-10(11)15-12-9/h2-6H,11H2,1H3. The van der Waals surface area contributed by atoms with Crippen LogP contribution >= 0.6 is 0 Å². The van der Waals surface area contributed by atoms with Gasteiger partial charge in [0.05, 0.1) is 6.26 Å². The molecule has 90 valence electrons. The highest BCUT2D eigenvalue weighted by Gasteiger charge is 2.07. The summed E-state index contributed by atoms with van der Waals surface area (Å²) in [6.45, 7) is 0. The maximum atomic E-state index is 10.9. The topological polar surface area (TPSA) is 95.4 Å². The normalized spacial score (nSPS) is 11.4. The molecule has 0 saturated heterocycles. The van der Waals surface area contributed by atoms with Crippen LogP contribution in [0.2, 0.25) is 0 Å². The molecule has 0 radical (unpaired) electrons. The molecule has 1 heterocycles. The van der Waals surface area contributed by atoms with Crippen LogP contribution in [0.4, 0.5) is 5.88 Å². The molecule has 0 unspecified atom stereocenters. The fraction of sp³-hybridized carbons (Fsp3) is 0.100. The second kappa shape index (κ2) is 4.10.